The fourth-order valence-corrected chi connectivity index (χ4v) is 4.60. The van der Waals surface area contributed by atoms with Crippen LogP contribution in [0.1, 0.15) is 15.4 Å². The number of thiophene rings is 1. The van der Waals surface area contributed by atoms with Gasteiger partial charge in [0.25, 0.3) is 0 Å². The van der Waals surface area contributed by atoms with Gasteiger partial charge < -0.3 is 5.32 Å². The van der Waals surface area contributed by atoms with E-state index >= 15 is 0 Å². The summed E-state index contributed by atoms with van der Waals surface area (Å²) in [6.07, 6.45) is 1.70. The highest BCUT2D eigenvalue weighted by atomic mass is 32.2. The molecule has 0 atom stereocenters. The van der Waals surface area contributed by atoms with E-state index in [2.05, 4.69) is 15.0 Å². The minimum atomic E-state index is -3.43. The van der Waals surface area contributed by atoms with E-state index in [0.29, 0.717) is 10.8 Å². The summed E-state index contributed by atoms with van der Waals surface area (Å²) in [6.45, 7) is 2.85. The molecule has 2 rings (SSSR count). The maximum Gasteiger partial charge on any atom is 0.250 e. The van der Waals surface area contributed by atoms with Gasteiger partial charge in [-0.3, -0.25) is 0 Å². The van der Waals surface area contributed by atoms with E-state index in [1.54, 1.807) is 12.3 Å². The Kier molecular flexibility index (Phi) is 4.69. The van der Waals surface area contributed by atoms with Crippen LogP contribution in [0.15, 0.2) is 21.9 Å². The molecule has 19 heavy (non-hydrogen) atoms. The zero-order valence-electron chi connectivity index (χ0n) is 10.6. The van der Waals surface area contributed by atoms with Crippen molar-refractivity contribution in [1.29, 1.82) is 0 Å². The van der Waals surface area contributed by atoms with Crippen molar-refractivity contribution in [2.24, 2.45) is 0 Å². The number of hydrogen-bond donors (Lipinski definition) is 2. The van der Waals surface area contributed by atoms with Crippen LogP contribution < -0.4 is 10.0 Å². The van der Waals surface area contributed by atoms with Gasteiger partial charge in [0.1, 0.15) is 4.21 Å². The number of aryl methyl sites for hydroxylation is 1. The Hall–Kier alpha value is -0.800. The SMILES string of the molecule is CNCc1csc(S(=O)(=O)NCc2cnc(C)s2)c1. The number of nitrogens with one attached hydrogen (secondary N) is 2. The van der Waals surface area contributed by atoms with Crippen molar-refractivity contribution in [3.8, 4) is 0 Å². The first-order valence-electron chi connectivity index (χ1n) is 5.64. The molecule has 8 heteroatoms. The average Bonchev–Trinajstić information content (AvgIpc) is 2.97. The molecule has 0 fully saturated rings. The molecule has 0 spiro atoms. The van der Waals surface area contributed by atoms with E-state index in [9.17, 15) is 8.42 Å². The molecule has 0 aromatic carbocycles. The normalized spacial score (nSPS) is 11.9. The lowest BCUT2D eigenvalue weighted by Crippen LogP contribution is -2.21. The number of aromatic nitrogens is 1. The highest BCUT2D eigenvalue weighted by Gasteiger charge is 2.16. The Morgan fingerprint density at radius 1 is 1.37 bits per heavy atom. The number of sulfonamides is 1. The molecule has 0 aliphatic rings. The Morgan fingerprint density at radius 3 is 2.79 bits per heavy atom. The smallest absolute Gasteiger partial charge is 0.250 e. The Balaban J connectivity index is 2.04. The number of rotatable bonds is 6. The van der Waals surface area contributed by atoms with Crippen LogP contribution >= 0.6 is 22.7 Å². The van der Waals surface area contributed by atoms with Crippen molar-refractivity contribution in [1.82, 2.24) is 15.0 Å². The second-order valence-corrected chi connectivity index (χ2v) is 8.20. The third-order valence-electron chi connectivity index (χ3n) is 2.38. The second-order valence-electron chi connectivity index (χ2n) is 3.97. The van der Waals surface area contributed by atoms with Gasteiger partial charge in [0.05, 0.1) is 5.01 Å². The minimum absolute atomic E-state index is 0.285. The summed E-state index contributed by atoms with van der Waals surface area (Å²) in [7, 11) is -1.60. The van der Waals surface area contributed by atoms with Crippen molar-refractivity contribution in [2.45, 2.75) is 24.2 Å². The summed E-state index contributed by atoms with van der Waals surface area (Å²) in [5.41, 5.74) is 0.974. The van der Waals surface area contributed by atoms with Crippen molar-refractivity contribution in [3.63, 3.8) is 0 Å². The van der Waals surface area contributed by atoms with Gasteiger partial charge >= 0.3 is 0 Å². The molecule has 2 heterocycles. The van der Waals surface area contributed by atoms with Crippen molar-refractivity contribution >= 4 is 32.7 Å². The summed E-state index contributed by atoms with van der Waals surface area (Å²) in [6, 6.07) is 1.70. The molecule has 0 unspecified atom stereocenters. The van der Waals surface area contributed by atoms with E-state index in [4.69, 9.17) is 0 Å². The fourth-order valence-electron chi connectivity index (χ4n) is 1.52. The zero-order valence-corrected chi connectivity index (χ0v) is 13.1. The topological polar surface area (TPSA) is 71.1 Å². The molecule has 0 saturated heterocycles. The van der Waals surface area contributed by atoms with Gasteiger partial charge in [-0.05, 0) is 31.0 Å². The largest absolute Gasteiger partial charge is 0.316 e. The van der Waals surface area contributed by atoms with Gasteiger partial charge in [-0.25, -0.2) is 18.1 Å². The predicted octanol–water partition coefficient (Wildman–Crippen LogP) is 1.71. The molecular formula is C11H15N3O2S3. The van der Waals surface area contributed by atoms with Gasteiger partial charge in [-0.2, -0.15) is 0 Å². The molecule has 5 nitrogen and oxygen atoms in total. The van der Waals surface area contributed by atoms with E-state index in [-0.39, 0.29) is 6.54 Å². The number of nitrogens with zero attached hydrogens (tertiary/aromatic N) is 1. The molecule has 0 aliphatic heterocycles. The lowest BCUT2D eigenvalue weighted by atomic mass is 10.3. The van der Waals surface area contributed by atoms with E-state index in [1.807, 2.05) is 19.4 Å². The van der Waals surface area contributed by atoms with Crippen LogP contribution in [0.2, 0.25) is 0 Å². The van der Waals surface area contributed by atoms with Crippen molar-refractivity contribution < 1.29 is 8.42 Å². The number of thiazole rings is 1. The summed E-state index contributed by atoms with van der Waals surface area (Å²) in [4.78, 5) is 5.01. The van der Waals surface area contributed by atoms with Crippen molar-refractivity contribution in [2.75, 3.05) is 7.05 Å². The van der Waals surface area contributed by atoms with E-state index in [1.165, 1.54) is 22.7 Å². The molecule has 0 aliphatic carbocycles. The molecule has 104 valence electrons. The lowest BCUT2D eigenvalue weighted by molar-refractivity contribution is 0.584. The van der Waals surface area contributed by atoms with Gasteiger partial charge in [0.15, 0.2) is 0 Å². The Bertz CT molecular complexity index is 646. The minimum Gasteiger partial charge on any atom is -0.316 e. The summed E-state index contributed by atoms with van der Waals surface area (Å²) < 4.78 is 27.1. The fraction of sp³-hybridized carbons (Fsp3) is 0.364. The highest BCUT2D eigenvalue weighted by Crippen LogP contribution is 2.20. The molecule has 0 amide bonds. The molecular weight excluding hydrogens is 302 g/mol. The van der Waals surface area contributed by atoms with Crippen LogP contribution in [0.5, 0.6) is 0 Å². The van der Waals surface area contributed by atoms with Gasteiger partial charge in [0.2, 0.25) is 10.0 Å². The maximum atomic E-state index is 12.1. The number of hydrogen-bond acceptors (Lipinski definition) is 6. The molecule has 2 aromatic rings. The van der Waals surface area contributed by atoms with Gasteiger partial charge in [-0.1, -0.05) is 0 Å². The zero-order chi connectivity index (χ0) is 13.9. The lowest BCUT2D eigenvalue weighted by Gasteiger charge is -2.02. The van der Waals surface area contributed by atoms with Crippen LogP contribution in [0.25, 0.3) is 0 Å². The van der Waals surface area contributed by atoms with Crippen LogP contribution in [0.3, 0.4) is 0 Å². The summed E-state index contributed by atoms with van der Waals surface area (Å²) >= 11 is 2.73. The third kappa shape index (κ3) is 3.83. The highest BCUT2D eigenvalue weighted by molar-refractivity contribution is 7.91. The average molecular weight is 317 g/mol. The Morgan fingerprint density at radius 2 is 2.16 bits per heavy atom. The second kappa shape index (κ2) is 6.10. The maximum absolute atomic E-state index is 12.1. The standard InChI is InChI=1S/C11H15N3O2S3/c1-8-13-5-10(18-8)6-14-19(15,16)11-3-9(4-12-2)7-17-11/h3,5,7,12,14H,4,6H2,1-2H3. The third-order valence-corrected chi connectivity index (χ3v) is 6.18. The van der Waals surface area contributed by atoms with Crippen LogP contribution in [-0.4, -0.2) is 20.4 Å². The van der Waals surface area contributed by atoms with Gasteiger partial charge in [0, 0.05) is 24.2 Å². The summed E-state index contributed by atoms with van der Waals surface area (Å²) in [5, 5.41) is 5.78. The van der Waals surface area contributed by atoms with Crippen LogP contribution in [-0.2, 0) is 23.1 Å². The van der Waals surface area contributed by atoms with E-state index in [0.717, 1.165) is 15.4 Å². The molecule has 2 N–H and O–H groups in total. The first-order valence-corrected chi connectivity index (χ1v) is 8.82. The molecule has 0 radical (unpaired) electrons. The molecule has 0 saturated carbocycles. The van der Waals surface area contributed by atoms with Crippen LogP contribution in [0.4, 0.5) is 0 Å². The molecule has 2 aromatic heterocycles. The first-order chi connectivity index (χ1) is 9.01. The van der Waals surface area contributed by atoms with Gasteiger partial charge in [-0.15, -0.1) is 22.7 Å². The quantitative estimate of drug-likeness (QED) is 0.851. The summed E-state index contributed by atoms with van der Waals surface area (Å²) in [5.74, 6) is 0. The van der Waals surface area contributed by atoms with Crippen LogP contribution in [0, 0.1) is 6.92 Å². The monoisotopic (exact) mass is 317 g/mol. The van der Waals surface area contributed by atoms with E-state index < -0.39 is 10.0 Å². The van der Waals surface area contributed by atoms with Crippen molar-refractivity contribution in [3.05, 3.63) is 33.1 Å². The first kappa shape index (κ1) is 14.6. The molecule has 0 bridgehead atoms. The predicted molar refractivity (Wildman–Crippen MR) is 78.0 cm³/mol. The Labute approximate surface area is 120 Å².